The predicted molar refractivity (Wildman–Crippen MR) is 46.1 cm³/mol. The van der Waals surface area contributed by atoms with Crippen LogP contribution in [0.25, 0.3) is 0 Å². The smallest absolute Gasteiger partial charge is 0.391 e. The minimum absolute atomic E-state index is 0. The van der Waals surface area contributed by atoms with Crippen molar-refractivity contribution in [1.29, 1.82) is 0 Å². The van der Waals surface area contributed by atoms with E-state index < -0.39 is 14.6 Å². The largest absolute Gasteiger partial charge is 0.394 e. The first-order chi connectivity index (χ1) is 5.60. The molecule has 4 nitrogen and oxygen atoms in total. The molecule has 0 heterocycles. The van der Waals surface area contributed by atoms with Crippen molar-refractivity contribution in [3.63, 3.8) is 0 Å². The molecule has 81 valence electrons. The minimum atomic E-state index is -2.57. The molecule has 0 aromatic carbocycles. The van der Waals surface area contributed by atoms with E-state index in [4.69, 9.17) is 9.79 Å². The van der Waals surface area contributed by atoms with Crippen LogP contribution in [0, 0.1) is 0 Å². The molecular formula is C7H13CuO4P. The van der Waals surface area contributed by atoms with E-state index in [9.17, 15) is 4.79 Å². The first kappa shape index (κ1) is 15.5. The molecule has 1 radical (unpaired) electrons. The first-order valence-electron chi connectivity index (χ1n) is 3.69. The van der Waals surface area contributed by atoms with Crippen LogP contribution in [0.5, 0.6) is 0 Å². The Bertz CT molecular complexity index is 175. The number of carbonyl (C=O) groups is 1. The van der Waals surface area contributed by atoms with Gasteiger partial charge in [0.25, 0.3) is 0 Å². The van der Waals surface area contributed by atoms with E-state index in [1.165, 1.54) is 6.08 Å². The molecule has 2 N–H and O–H groups in total. The second kappa shape index (κ2) is 8.67. The molecule has 0 atom stereocenters. The second-order valence-corrected chi connectivity index (χ2v) is 2.86. The molecule has 0 rings (SSSR count). The fourth-order valence-electron chi connectivity index (χ4n) is 0.728. The maximum Gasteiger partial charge on any atom is 0.394 e. The van der Waals surface area contributed by atoms with Crippen molar-refractivity contribution < 1.29 is 36.2 Å². The topological polar surface area (TPSA) is 66.8 Å². The van der Waals surface area contributed by atoms with Gasteiger partial charge in [0.1, 0.15) is 0 Å². The van der Waals surface area contributed by atoms with E-state index in [1.54, 1.807) is 0 Å². The summed E-state index contributed by atoms with van der Waals surface area (Å²) in [5.74, 6) is -0.690. The van der Waals surface area contributed by atoms with E-state index in [2.05, 4.69) is 4.52 Å². The van der Waals surface area contributed by atoms with Gasteiger partial charge < -0.3 is 14.3 Å². The molecule has 0 amide bonds. The van der Waals surface area contributed by atoms with Crippen LogP contribution in [-0.4, -0.2) is 15.8 Å². The summed E-state index contributed by atoms with van der Waals surface area (Å²) >= 11 is 0. The van der Waals surface area contributed by atoms with E-state index in [1.807, 2.05) is 13.8 Å². The van der Waals surface area contributed by atoms with Crippen LogP contribution in [0.2, 0.25) is 0 Å². The van der Waals surface area contributed by atoms with Crippen molar-refractivity contribution in [3.8, 4) is 0 Å². The van der Waals surface area contributed by atoms with Gasteiger partial charge in [-0.2, -0.15) is 0 Å². The van der Waals surface area contributed by atoms with Crippen LogP contribution in [0.3, 0.4) is 0 Å². The molecule has 0 spiro atoms. The average Bonchev–Trinajstić information content (AvgIpc) is 1.98. The summed E-state index contributed by atoms with van der Waals surface area (Å²) in [6.07, 6.45) is 2.82. The van der Waals surface area contributed by atoms with Gasteiger partial charge in [-0.1, -0.05) is 19.4 Å². The molecular weight excluding hydrogens is 243 g/mol. The molecule has 0 aliphatic heterocycles. The Balaban J connectivity index is 0. The number of carbonyl (C=O) groups excluding carboxylic acids is 1. The zero-order valence-corrected chi connectivity index (χ0v) is 9.29. The zero-order valence-electron chi connectivity index (χ0n) is 7.45. The Morgan fingerprint density at radius 1 is 1.38 bits per heavy atom. The van der Waals surface area contributed by atoms with Crippen LogP contribution in [-0.2, 0) is 26.4 Å². The van der Waals surface area contributed by atoms with Crippen LogP contribution in [0.4, 0.5) is 0 Å². The fraction of sp³-hybridized carbons (Fsp3) is 0.571. The molecule has 0 bridgehead atoms. The number of rotatable bonds is 4. The van der Waals surface area contributed by atoms with Crippen LogP contribution in [0.15, 0.2) is 11.6 Å². The van der Waals surface area contributed by atoms with E-state index in [0.717, 1.165) is 18.4 Å². The van der Waals surface area contributed by atoms with Gasteiger partial charge in [-0.25, -0.2) is 4.79 Å². The zero-order chi connectivity index (χ0) is 9.56. The van der Waals surface area contributed by atoms with Crippen molar-refractivity contribution in [2.24, 2.45) is 0 Å². The predicted octanol–water partition coefficient (Wildman–Crippen LogP) is 1.48. The van der Waals surface area contributed by atoms with Gasteiger partial charge in [0.05, 0.1) is 0 Å². The third kappa shape index (κ3) is 8.41. The van der Waals surface area contributed by atoms with Crippen molar-refractivity contribution in [1.82, 2.24) is 0 Å². The average molecular weight is 256 g/mol. The van der Waals surface area contributed by atoms with Gasteiger partial charge in [-0.3, -0.25) is 0 Å². The summed E-state index contributed by atoms with van der Waals surface area (Å²) in [6.45, 7) is 3.84. The van der Waals surface area contributed by atoms with Gasteiger partial charge in [-0.05, 0) is 12.8 Å². The van der Waals surface area contributed by atoms with Crippen molar-refractivity contribution >= 4 is 14.6 Å². The first-order valence-corrected chi connectivity index (χ1v) is 4.85. The maximum atomic E-state index is 10.8. The molecule has 0 aromatic heterocycles. The van der Waals surface area contributed by atoms with Gasteiger partial charge in [0, 0.05) is 23.1 Å². The molecule has 13 heavy (non-hydrogen) atoms. The Kier molecular flexibility index (Phi) is 10.4. The second-order valence-electron chi connectivity index (χ2n) is 2.17. The summed E-state index contributed by atoms with van der Waals surface area (Å²) in [5.41, 5.74) is 0.928. The Labute approximate surface area is 89.5 Å². The number of allylic oxidation sites excluding steroid dienone is 1. The monoisotopic (exact) mass is 255 g/mol. The molecule has 0 aliphatic rings. The minimum Gasteiger partial charge on any atom is -0.391 e. The summed E-state index contributed by atoms with van der Waals surface area (Å²) < 4.78 is 4.14. The van der Waals surface area contributed by atoms with Gasteiger partial charge in [0.2, 0.25) is 0 Å². The third-order valence-electron chi connectivity index (χ3n) is 1.40. The quantitative estimate of drug-likeness (QED) is 0.454. The van der Waals surface area contributed by atoms with Crippen molar-refractivity contribution in [2.45, 2.75) is 26.7 Å². The summed E-state index contributed by atoms with van der Waals surface area (Å²) in [6, 6.07) is 0. The van der Waals surface area contributed by atoms with Gasteiger partial charge >= 0.3 is 14.6 Å². The van der Waals surface area contributed by atoms with Crippen molar-refractivity contribution in [3.05, 3.63) is 11.6 Å². The Morgan fingerprint density at radius 2 is 1.85 bits per heavy atom. The molecule has 0 saturated carbocycles. The van der Waals surface area contributed by atoms with Crippen molar-refractivity contribution in [2.75, 3.05) is 0 Å². The molecule has 0 aliphatic carbocycles. The van der Waals surface area contributed by atoms with E-state index in [-0.39, 0.29) is 17.1 Å². The van der Waals surface area contributed by atoms with Gasteiger partial charge in [0.15, 0.2) is 0 Å². The SMILES string of the molecule is CCC(=CC(=O)OP(O)O)CC.[Cu]. The summed E-state index contributed by atoms with van der Waals surface area (Å²) in [4.78, 5) is 27.4. The molecule has 0 aromatic rings. The van der Waals surface area contributed by atoms with Crippen LogP contribution in [0.1, 0.15) is 26.7 Å². The van der Waals surface area contributed by atoms with Crippen LogP contribution < -0.4 is 0 Å². The normalized spacial score (nSPS) is 9.00. The molecule has 0 saturated heterocycles. The number of hydrogen-bond acceptors (Lipinski definition) is 4. The summed E-state index contributed by atoms with van der Waals surface area (Å²) in [7, 11) is -2.57. The van der Waals surface area contributed by atoms with E-state index >= 15 is 0 Å². The number of hydrogen-bond donors (Lipinski definition) is 2. The Morgan fingerprint density at radius 3 is 2.15 bits per heavy atom. The molecule has 0 unspecified atom stereocenters. The van der Waals surface area contributed by atoms with Gasteiger partial charge in [-0.15, -0.1) is 0 Å². The summed E-state index contributed by atoms with van der Waals surface area (Å²) in [5, 5.41) is 0. The maximum absolute atomic E-state index is 10.8. The standard InChI is InChI=1S/C7H13O4P.Cu/c1-3-6(4-2)5-7(8)11-12(9)10;/h5,9-10H,3-4H2,1-2H3;. The van der Waals surface area contributed by atoms with Crippen LogP contribution >= 0.6 is 8.60 Å². The molecule has 0 fully saturated rings. The fourth-order valence-corrected chi connectivity index (χ4v) is 0.941. The Hall–Kier alpha value is 0.0795. The van der Waals surface area contributed by atoms with E-state index in [0.29, 0.717) is 0 Å². The third-order valence-corrected chi connectivity index (χ3v) is 1.75. The molecule has 6 heteroatoms.